The molecule has 0 spiro atoms. The van der Waals surface area contributed by atoms with E-state index in [-0.39, 0.29) is 0 Å². The lowest BCUT2D eigenvalue weighted by molar-refractivity contribution is 0.363. The summed E-state index contributed by atoms with van der Waals surface area (Å²) in [4.78, 5) is 0. The molecule has 92 valence electrons. The van der Waals surface area contributed by atoms with Crippen LogP contribution in [0.5, 0.6) is 5.75 Å². The summed E-state index contributed by atoms with van der Waals surface area (Å²) < 4.78 is 5.58. The quantitative estimate of drug-likeness (QED) is 0.622. The molecule has 0 atom stereocenters. The van der Waals surface area contributed by atoms with E-state index in [2.05, 4.69) is 36.9 Å². The van der Waals surface area contributed by atoms with Gasteiger partial charge >= 0.3 is 0 Å². The first-order valence-electron chi connectivity index (χ1n) is 5.94. The van der Waals surface area contributed by atoms with Gasteiger partial charge in [-0.05, 0) is 23.3 Å². The second-order valence-corrected chi connectivity index (χ2v) is 4.22. The van der Waals surface area contributed by atoms with Gasteiger partial charge in [-0.3, -0.25) is 0 Å². The van der Waals surface area contributed by atoms with Crippen LogP contribution in [0.3, 0.4) is 0 Å². The molecule has 2 aromatic carbocycles. The lowest BCUT2D eigenvalue weighted by atomic mass is 10.1. The summed E-state index contributed by atoms with van der Waals surface area (Å²) in [6.07, 6.45) is 3.94. The number of rotatable bonds is 5. The van der Waals surface area contributed by atoms with Crippen molar-refractivity contribution >= 4 is 12.6 Å². The standard InChI is InChI=1S/C16H16OS/c18-13-5-4-12-17-16-10-8-15(9-11-16)14-6-2-1-3-7-14/h1-11,18H,12-13H2. The fourth-order valence-corrected chi connectivity index (χ4v) is 1.81. The Labute approximate surface area is 114 Å². The highest BCUT2D eigenvalue weighted by atomic mass is 32.1. The van der Waals surface area contributed by atoms with Crippen LogP contribution in [0.15, 0.2) is 66.7 Å². The van der Waals surface area contributed by atoms with E-state index in [1.54, 1.807) is 0 Å². The first-order valence-corrected chi connectivity index (χ1v) is 6.57. The van der Waals surface area contributed by atoms with Gasteiger partial charge in [-0.1, -0.05) is 54.6 Å². The predicted molar refractivity (Wildman–Crippen MR) is 80.4 cm³/mol. The maximum atomic E-state index is 5.58. The van der Waals surface area contributed by atoms with E-state index in [1.807, 2.05) is 42.5 Å². The topological polar surface area (TPSA) is 9.23 Å². The molecule has 0 aliphatic carbocycles. The average Bonchev–Trinajstić information content (AvgIpc) is 2.45. The van der Waals surface area contributed by atoms with Crippen LogP contribution >= 0.6 is 12.6 Å². The van der Waals surface area contributed by atoms with Gasteiger partial charge < -0.3 is 4.74 Å². The Morgan fingerprint density at radius 3 is 2.17 bits per heavy atom. The number of benzene rings is 2. The third kappa shape index (κ3) is 3.67. The van der Waals surface area contributed by atoms with Crippen molar-refractivity contribution in [3.8, 4) is 16.9 Å². The predicted octanol–water partition coefficient (Wildman–Crippen LogP) is 4.22. The molecular formula is C16H16OS. The summed E-state index contributed by atoms with van der Waals surface area (Å²) in [5.41, 5.74) is 2.42. The number of ether oxygens (including phenoxy) is 1. The van der Waals surface area contributed by atoms with Crippen LogP contribution in [0.4, 0.5) is 0 Å². The molecule has 0 unspecified atom stereocenters. The molecule has 0 heterocycles. The zero-order valence-corrected chi connectivity index (χ0v) is 11.0. The number of thiol groups is 1. The van der Waals surface area contributed by atoms with Gasteiger partial charge in [0.05, 0.1) is 0 Å². The van der Waals surface area contributed by atoms with Crippen LogP contribution in [0.1, 0.15) is 0 Å². The molecule has 2 rings (SSSR count). The molecule has 0 fully saturated rings. The Hall–Kier alpha value is -1.67. The second kappa shape index (κ2) is 6.92. The Bertz CT molecular complexity index is 488. The van der Waals surface area contributed by atoms with Gasteiger partial charge in [0.25, 0.3) is 0 Å². The number of hydrogen-bond acceptors (Lipinski definition) is 2. The molecule has 0 saturated carbocycles. The van der Waals surface area contributed by atoms with Gasteiger partial charge in [0.2, 0.25) is 0 Å². The minimum absolute atomic E-state index is 0.589. The van der Waals surface area contributed by atoms with Crippen molar-refractivity contribution in [2.45, 2.75) is 0 Å². The molecule has 18 heavy (non-hydrogen) atoms. The van der Waals surface area contributed by atoms with E-state index in [0.717, 1.165) is 11.5 Å². The van der Waals surface area contributed by atoms with Gasteiger partial charge in [0.15, 0.2) is 0 Å². The van der Waals surface area contributed by atoms with Crippen LogP contribution in [0.25, 0.3) is 11.1 Å². The summed E-state index contributed by atoms with van der Waals surface area (Å²) in [6, 6.07) is 18.5. The molecule has 1 nitrogen and oxygen atoms in total. The minimum Gasteiger partial charge on any atom is -0.490 e. The molecule has 0 aliphatic heterocycles. The van der Waals surface area contributed by atoms with E-state index < -0.39 is 0 Å². The van der Waals surface area contributed by atoms with Crippen molar-refractivity contribution in [3.63, 3.8) is 0 Å². The lowest BCUT2D eigenvalue weighted by Crippen LogP contribution is -1.93. The maximum Gasteiger partial charge on any atom is 0.119 e. The smallest absolute Gasteiger partial charge is 0.119 e. The average molecular weight is 256 g/mol. The largest absolute Gasteiger partial charge is 0.490 e. The summed E-state index contributed by atoms with van der Waals surface area (Å²) in [5.74, 6) is 1.63. The molecule has 0 aliphatic rings. The highest BCUT2D eigenvalue weighted by molar-refractivity contribution is 7.80. The third-order valence-electron chi connectivity index (χ3n) is 2.58. The Balaban J connectivity index is 2.00. The molecule has 0 radical (unpaired) electrons. The number of hydrogen-bond donors (Lipinski definition) is 1. The molecule has 0 aromatic heterocycles. The molecule has 0 N–H and O–H groups in total. The van der Waals surface area contributed by atoms with E-state index in [0.29, 0.717) is 6.61 Å². The fourth-order valence-electron chi connectivity index (χ4n) is 1.66. The van der Waals surface area contributed by atoms with E-state index in [1.165, 1.54) is 11.1 Å². The van der Waals surface area contributed by atoms with Gasteiger partial charge in [0.1, 0.15) is 12.4 Å². The van der Waals surface area contributed by atoms with Crippen molar-refractivity contribution in [3.05, 3.63) is 66.7 Å². The van der Waals surface area contributed by atoms with E-state index >= 15 is 0 Å². The van der Waals surface area contributed by atoms with E-state index in [4.69, 9.17) is 4.74 Å². The van der Waals surface area contributed by atoms with E-state index in [9.17, 15) is 0 Å². The minimum atomic E-state index is 0.589. The monoisotopic (exact) mass is 256 g/mol. The van der Waals surface area contributed by atoms with Crippen molar-refractivity contribution in [1.29, 1.82) is 0 Å². The zero-order chi connectivity index (χ0) is 12.6. The summed E-state index contributed by atoms with van der Waals surface area (Å²) in [7, 11) is 0. The third-order valence-corrected chi connectivity index (χ3v) is 2.79. The fraction of sp³-hybridized carbons (Fsp3) is 0.125. The van der Waals surface area contributed by atoms with Gasteiger partial charge in [-0.2, -0.15) is 12.6 Å². The lowest BCUT2D eigenvalue weighted by Gasteiger charge is -2.05. The second-order valence-electron chi connectivity index (χ2n) is 3.86. The van der Waals surface area contributed by atoms with Crippen LogP contribution in [0, 0.1) is 0 Å². The van der Waals surface area contributed by atoms with Crippen molar-refractivity contribution in [1.82, 2.24) is 0 Å². The van der Waals surface area contributed by atoms with Gasteiger partial charge in [-0.25, -0.2) is 0 Å². The SMILES string of the molecule is SCC=CCOc1ccc(-c2ccccc2)cc1. The highest BCUT2D eigenvalue weighted by Gasteiger charge is 1.97. The van der Waals surface area contributed by atoms with Gasteiger partial charge in [-0.15, -0.1) is 0 Å². The Kier molecular flexibility index (Phi) is 4.91. The molecule has 2 heteroatoms. The molecule has 0 bridgehead atoms. The zero-order valence-electron chi connectivity index (χ0n) is 10.1. The van der Waals surface area contributed by atoms with Crippen molar-refractivity contribution < 1.29 is 4.74 Å². The van der Waals surface area contributed by atoms with Crippen molar-refractivity contribution in [2.24, 2.45) is 0 Å². The molecule has 0 amide bonds. The van der Waals surface area contributed by atoms with Crippen molar-refractivity contribution in [2.75, 3.05) is 12.4 Å². The molecule has 2 aromatic rings. The first-order chi connectivity index (χ1) is 8.90. The summed E-state index contributed by atoms with van der Waals surface area (Å²) >= 11 is 4.09. The van der Waals surface area contributed by atoms with Gasteiger partial charge in [0, 0.05) is 5.75 Å². The Morgan fingerprint density at radius 1 is 0.833 bits per heavy atom. The first kappa shape index (κ1) is 12.8. The summed E-state index contributed by atoms with van der Waals surface area (Å²) in [6.45, 7) is 0.589. The maximum absolute atomic E-state index is 5.58. The van der Waals surface area contributed by atoms with Crippen LogP contribution < -0.4 is 4.74 Å². The molecule has 0 saturated heterocycles. The Morgan fingerprint density at radius 2 is 1.50 bits per heavy atom. The van der Waals surface area contributed by atoms with Crippen LogP contribution in [-0.4, -0.2) is 12.4 Å². The van der Waals surface area contributed by atoms with Crippen LogP contribution in [0.2, 0.25) is 0 Å². The molecular weight excluding hydrogens is 240 g/mol. The highest BCUT2D eigenvalue weighted by Crippen LogP contribution is 2.21. The normalized spacial score (nSPS) is 10.7. The summed E-state index contributed by atoms with van der Waals surface area (Å²) in [5, 5.41) is 0. The van der Waals surface area contributed by atoms with Crippen LogP contribution in [-0.2, 0) is 0 Å².